The maximum atomic E-state index is 11.5. The topological polar surface area (TPSA) is 69.0 Å². The van der Waals surface area contributed by atoms with Crippen LogP contribution < -0.4 is 5.32 Å². The van der Waals surface area contributed by atoms with Crippen molar-refractivity contribution in [2.24, 2.45) is 0 Å². The molecule has 1 aliphatic heterocycles. The molecule has 0 bridgehead atoms. The number of rotatable bonds is 4. The second kappa shape index (κ2) is 7.02. The lowest BCUT2D eigenvalue weighted by molar-refractivity contribution is -0.114. The number of hydrogen-bond acceptors (Lipinski definition) is 4. The van der Waals surface area contributed by atoms with Crippen molar-refractivity contribution in [3.05, 3.63) is 42.4 Å². The second-order valence-electron chi connectivity index (χ2n) is 7.81. The summed E-state index contributed by atoms with van der Waals surface area (Å²) in [5, 5.41) is 3.88. The summed E-state index contributed by atoms with van der Waals surface area (Å²) in [6.45, 7) is 3.06. The molecule has 0 radical (unpaired) electrons. The molecule has 1 atom stereocenters. The van der Waals surface area contributed by atoms with Crippen LogP contribution in [0.25, 0.3) is 22.2 Å². The highest BCUT2D eigenvalue weighted by Crippen LogP contribution is 2.39. The van der Waals surface area contributed by atoms with Crippen LogP contribution in [0.15, 0.2) is 36.7 Å². The Morgan fingerprint density at radius 2 is 2.18 bits per heavy atom. The zero-order chi connectivity index (χ0) is 19.1. The number of nitrogens with zero attached hydrogens (tertiary/aromatic N) is 3. The lowest BCUT2D eigenvalue weighted by Gasteiger charge is -2.27. The van der Waals surface area contributed by atoms with Crippen molar-refractivity contribution in [1.82, 2.24) is 14.5 Å². The van der Waals surface area contributed by atoms with E-state index in [0.29, 0.717) is 17.8 Å². The maximum absolute atomic E-state index is 11.5. The number of fused-ring (bicyclic) bond motifs is 1. The molecule has 1 unspecified atom stereocenters. The number of amides is 1. The predicted molar refractivity (Wildman–Crippen MR) is 108 cm³/mol. The van der Waals surface area contributed by atoms with Gasteiger partial charge in [0.15, 0.2) is 0 Å². The summed E-state index contributed by atoms with van der Waals surface area (Å²) in [5.74, 6) is 0.831. The molecule has 1 saturated heterocycles. The Balaban J connectivity index is 1.63. The molecule has 4 heterocycles. The van der Waals surface area contributed by atoms with Crippen molar-refractivity contribution < 1.29 is 9.53 Å². The van der Waals surface area contributed by atoms with Gasteiger partial charge in [-0.25, -0.2) is 4.98 Å². The minimum atomic E-state index is -0.117. The van der Waals surface area contributed by atoms with Crippen LogP contribution in [-0.2, 0) is 9.53 Å². The van der Waals surface area contributed by atoms with Crippen molar-refractivity contribution in [3.8, 4) is 11.3 Å². The Hall–Kier alpha value is -2.73. The minimum Gasteiger partial charge on any atom is -0.381 e. The minimum absolute atomic E-state index is 0.117. The molecule has 0 aromatic carbocycles. The van der Waals surface area contributed by atoms with Gasteiger partial charge in [0, 0.05) is 48.3 Å². The van der Waals surface area contributed by atoms with Gasteiger partial charge < -0.3 is 14.6 Å². The van der Waals surface area contributed by atoms with Crippen LogP contribution in [0.5, 0.6) is 0 Å². The average Bonchev–Trinajstić information content (AvgIpc) is 3.29. The first-order chi connectivity index (χ1) is 13.7. The van der Waals surface area contributed by atoms with Crippen LogP contribution in [0.1, 0.15) is 50.3 Å². The Morgan fingerprint density at radius 1 is 1.29 bits per heavy atom. The zero-order valence-electron chi connectivity index (χ0n) is 16.0. The number of hydrogen-bond donors (Lipinski definition) is 1. The molecular formula is C22H24N4O2. The molecule has 2 aliphatic rings. The van der Waals surface area contributed by atoms with E-state index in [2.05, 4.69) is 39.3 Å². The van der Waals surface area contributed by atoms with Crippen LogP contribution in [0.2, 0.25) is 0 Å². The molecule has 1 amide bonds. The Bertz CT molecular complexity index is 1030. The highest BCUT2D eigenvalue weighted by Gasteiger charge is 2.24. The molecule has 1 saturated carbocycles. The van der Waals surface area contributed by atoms with Crippen molar-refractivity contribution in [2.75, 3.05) is 18.5 Å². The lowest BCUT2D eigenvalue weighted by atomic mass is 9.93. The van der Waals surface area contributed by atoms with Gasteiger partial charge in [-0.05, 0) is 43.9 Å². The van der Waals surface area contributed by atoms with Gasteiger partial charge in [-0.1, -0.05) is 6.07 Å². The van der Waals surface area contributed by atoms with Crippen molar-refractivity contribution in [2.45, 2.75) is 44.6 Å². The number of aromatic nitrogens is 3. The third-order valence-corrected chi connectivity index (χ3v) is 5.89. The molecular weight excluding hydrogens is 352 g/mol. The van der Waals surface area contributed by atoms with E-state index in [4.69, 9.17) is 9.72 Å². The molecule has 28 heavy (non-hydrogen) atoms. The highest BCUT2D eigenvalue weighted by molar-refractivity contribution is 5.98. The van der Waals surface area contributed by atoms with E-state index < -0.39 is 0 Å². The standard InChI is InChI=1S/C22H24N4O2/c1-14(27)24-22-10-17-18(12-26(16-4-2-5-16)21(17)11-23-22)20-7-3-6-19(25-20)15-8-9-28-13-15/h3,6-7,10-12,15-16H,2,4-5,8-9,13H2,1H3,(H,23,24,27). The number of carbonyl (C=O) groups is 1. The van der Waals surface area contributed by atoms with Crippen LogP contribution in [0, 0.1) is 0 Å². The van der Waals surface area contributed by atoms with Crippen molar-refractivity contribution in [3.63, 3.8) is 0 Å². The van der Waals surface area contributed by atoms with Gasteiger partial charge in [0.1, 0.15) is 5.82 Å². The third kappa shape index (κ3) is 3.07. The SMILES string of the molecule is CC(=O)Nc1cc2c(-c3cccc(C4CCOC4)n3)cn(C3CCC3)c2cn1. The van der Waals surface area contributed by atoms with E-state index >= 15 is 0 Å². The summed E-state index contributed by atoms with van der Waals surface area (Å²) in [7, 11) is 0. The van der Waals surface area contributed by atoms with E-state index in [-0.39, 0.29) is 5.91 Å². The second-order valence-corrected chi connectivity index (χ2v) is 7.81. The molecule has 6 nitrogen and oxygen atoms in total. The maximum Gasteiger partial charge on any atom is 0.222 e. The van der Waals surface area contributed by atoms with E-state index in [9.17, 15) is 4.79 Å². The molecule has 5 rings (SSSR count). The fourth-order valence-corrected chi connectivity index (χ4v) is 4.16. The molecule has 1 N–H and O–H groups in total. The fraction of sp³-hybridized carbons (Fsp3) is 0.409. The average molecular weight is 376 g/mol. The van der Waals surface area contributed by atoms with Crippen LogP contribution in [-0.4, -0.2) is 33.7 Å². The first-order valence-electron chi connectivity index (χ1n) is 10.0. The number of pyridine rings is 2. The van der Waals surface area contributed by atoms with Crippen LogP contribution in [0.4, 0.5) is 5.82 Å². The lowest BCUT2D eigenvalue weighted by Crippen LogP contribution is -2.16. The summed E-state index contributed by atoms with van der Waals surface area (Å²) in [5.41, 5.74) is 4.25. The van der Waals surface area contributed by atoms with Gasteiger partial charge in [-0.3, -0.25) is 9.78 Å². The first-order valence-corrected chi connectivity index (χ1v) is 10.0. The summed E-state index contributed by atoms with van der Waals surface area (Å²) in [6, 6.07) is 8.74. The molecule has 0 spiro atoms. The molecule has 3 aromatic rings. The van der Waals surface area contributed by atoms with Gasteiger partial charge in [-0.15, -0.1) is 0 Å². The fourth-order valence-electron chi connectivity index (χ4n) is 4.16. The Morgan fingerprint density at radius 3 is 2.89 bits per heavy atom. The highest BCUT2D eigenvalue weighted by atomic mass is 16.5. The monoisotopic (exact) mass is 376 g/mol. The van der Waals surface area contributed by atoms with Gasteiger partial charge >= 0.3 is 0 Å². The molecule has 3 aromatic heterocycles. The largest absolute Gasteiger partial charge is 0.381 e. The molecule has 6 heteroatoms. The van der Waals surface area contributed by atoms with Crippen molar-refractivity contribution in [1.29, 1.82) is 0 Å². The summed E-state index contributed by atoms with van der Waals surface area (Å²) in [4.78, 5) is 20.9. The van der Waals surface area contributed by atoms with Gasteiger partial charge in [0.05, 0.1) is 24.0 Å². The number of carbonyl (C=O) groups excluding carboxylic acids is 1. The molecule has 144 valence electrons. The van der Waals surface area contributed by atoms with E-state index in [1.807, 2.05) is 12.3 Å². The number of nitrogens with one attached hydrogen (secondary N) is 1. The summed E-state index contributed by atoms with van der Waals surface area (Å²) in [6.07, 6.45) is 8.78. The Kier molecular flexibility index (Phi) is 4.36. The zero-order valence-corrected chi connectivity index (χ0v) is 16.0. The summed E-state index contributed by atoms with van der Waals surface area (Å²) < 4.78 is 7.88. The number of anilines is 1. The third-order valence-electron chi connectivity index (χ3n) is 5.89. The predicted octanol–water partition coefficient (Wildman–Crippen LogP) is 4.29. The van der Waals surface area contributed by atoms with Crippen LogP contribution in [0.3, 0.4) is 0 Å². The van der Waals surface area contributed by atoms with Gasteiger partial charge in [-0.2, -0.15) is 0 Å². The van der Waals surface area contributed by atoms with E-state index in [1.54, 1.807) is 0 Å². The quantitative estimate of drug-likeness (QED) is 0.738. The first kappa shape index (κ1) is 17.4. The Labute approximate surface area is 163 Å². The van der Waals surface area contributed by atoms with Gasteiger partial charge in [0.2, 0.25) is 5.91 Å². The normalized spacial score (nSPS) is 19.7. The molecule has 1 aliphatic carbocycles. The van der Waals surface area contributed by atoms with Crippen LogP contribution >= 0.6 is 0 Å². The molecule has 2 fully saturated rings. The number of ether oxygens (including phenoxy) is 1. The smallest absolute Gasteiger partial charge is 0.222 e. The van der Waals surface area contributed by atoms with Crippen molar-refractivity contribution >= 4 is 22.6 Å². The van der Waals surface area contributed by atoms with Gasteiger partial charge in [0.25, 0.3) is 0 Å². The van der Waals surface area contributed by atoms with E-state index in [0.717, 1.165) is 47.5 Å². The van der Waals surface area contributed by atoms with E-state index in [1.165, 1.54) is 26.2 Å². The summed E-state index contributed by atoms with van der Waals surface area (Å²) >= 11 is 0.